The van der Waals surface area contributed by atoms with Gasteiger partial charge in [0.2, 0.25) is 0 Å². The van der Waals surface area contributed by atoms with E-state index in [1.807, 2.05) is 4.90 Å². The molecule has 8 heteroatoms. The number of amides is 1. The van der Waals surface area contributed by atoms with Crippen molar-refractivity contribution in [3.63, 3.8) is 0 Å². The van der Waals surface area contributed by atoms with Gasteiger partial charge in [-0.1, -0.05) is 5.16 Å². The zero-order chi connectivity index (χ0) is 15.8. The van der Waals surface area contributed by atoms with Crippen LogP contribution in [0.1, 0.15) is 41.1 Å². The van der Waals surface area contributed by atoms with Gasteiger partial charge in [-0.15, -0.1) is 0 Å². The first-order valence-electron chi connectivity index (χ1n) is 7.71. The summed E-state index contributed by atoms with van der Waals surface area (Å²) in [6.45, 7) is 3.10. The van der Waals surface area contributed by atoms with E-state index < -0.39 is 0 Å². The number of likely N-dealkylation sites (tertiary alicyclic amines) is 1. The Kier molecular flexibility index (Phi) is 3.53. The summed E-state index contributed by atoms with van der Waals surface area (Å²) in [5.74, 6) is 1.34. The number of nitrogens with zero attached hydrogens (tertiary/aromatic N) is 5. The lowest BCUT2D eigenvalue weighted by molar-refractivity contribution is -0.00787. The first kappa shape index (κ1) is 14.3. The highest BCUT2D eigenvalue weighted by molar-refractivity contribution is 5.92. The van der Waals surface area contributed by atoms with Crippen LogP contribution in [0, 0.1) is 12.8 Å². The van der Waals surface area contributed by atoms with E-state index in [4.69, 9.17) is 9.26 Å². The van der Waals surface area contributed by atoms with Crippen molar-refractivity contribution in [3.05, 3.63) is 36.0 Å². The molecular formula is C15H17N5O3. The number of piperidine rings is 1. The van der Waals surface area contributed by atoms with Crippen LogP contribution in [0.2, 0.25) is 0 Å². The van der Waals surface area contributed by atoms with Crippen molar-refractivity contribution in [2.45, 2.75) is 32.0 Å². The van der Waals surface area contributed by atoms with Crippen LogP contribution in [0.25, 0.3) is 0 Å². The summed E-state index contributed by atoms with van der Waals surface area (Å²) in [7, 11) is 0. The van der Waals surface area contributed by atoms with Crippen molar-refractivity contribution in [1.82, 2.24) is 25.0 Å². The number of rotatable bonds is 2. The molecule has 120 valence electrons. The minimum Gasteiger partial charge on any atom is -0.365 e. The van der Waals surface area contributed by atoms with E-state index in [9.17, 15) is 4.79 Å². The van der Waals surface area contributed by atoms with Gasteiger partial charge in [-0.3, -0.25) is 9.78 Å². The van der Waals surface area contributed by atoms with Crippen molar-refractivity contribution in [3.8, 4) is 0 Å². The monoisotopic (exact) mass is 315 g/mol. The molecule has 2 aliphatic heterocycles. The van der Waals surface area contributed by atoms with Gasteiger partial charge in [-0.2, -0.15) is 4.98 Å². The molecule has 4 heterocycles. The summed E-state index contributed by atoms with van der Waals surface area (Å²) in [4.78, 5) is 26.6. The molecule has 0 spiro atoms. The maximum Gasteiger partial charge on any atom is 0.274 e. The van der Waals surface area contributed by atoms with Crippen molar-refractivity contribution >= 4 is 5.91 Å². The molecule has 2 aromatic rings. The molecule has 0 saturated carbocycles. The van der Waals surface area contributed by atoms with Crippen LogP contribution in [-0.2, 0) is 4.74 Å². The Hall–Kier alpha value is -2.35. The number of aromatic nitrogens is 4. The van der Waals surface area contributed by atoms with Gasteiger partial charge in [-0.05, 0) is 19.8 Å². The topological polar surface area (TPSA) is 94.2 Å². The van der Waals surface area contributed by atoms with Gasteiger partial charge in [-0.25, -0.2) is 4.98 Å². The van der Waals surface area contributed by atoms with Gasteiger partial charge >= 0.3 is 0 Å². The smallest absolute Gasteiger partial charge is 0.274 e. The molecule has 2 saturated heterocycles. The number of fused-ring (bicyclic) bond motifs is 1. The summed E-state index contributed by atoms with van der Waals surface area (Å²) in [6.07, 6.45) is 6.16. The summed E-state index contributed by atoms with van der Waals surface area (Å²) >= 11 is 0. The fraction of sp³-hybridized carbons (Fsp3) is 0.533. The standard InChI is InChI=1S/C15H17N5O3/c1-9-18-14(23-19-9)13-6-10-8-20(5-2-12(10)22-13)15(21)11-7-16-3-4-17-11/h3-4,7,10,12-13H,2,5-6,8H2,1H3/t10-,12+,13+/m1/s1. The van der Waals surface area contributed by atoms with Gasteiger partial charge in [0.15, 0.2) is 5.82 Å². The lowest BCUT2D eigenvalue weighted by atomic mass is 9.92. The Morgan fingerprint density at radius 3 is 3.04 bits per heavy atom. The van der Waals surface area contributed by atoms with Crippen LogP contribution in [0.4, 0.5) is 0 Å². The number of hydrogen-bond acceptors (Lipinski definition) is 7. The Labute approximate surface area is 132 Å². The van der Waals surface area contributed by atoms with Crippen LogP contribution in [0.5, 0.6) is 0 Å². The third kappa shape index (κ3) is 2.70. The minimum absolute atomic E-state index is 0.0753. The average molecular weight is 315 g/mol. The quantitative estimate of drug-likeness (QED) is 0.820. The van der Waals surface area contributed by atoms with Crippen molar-refractivity contribution in [2.75, 3.05) is 13.1 Å². The zero-order valence-electron chi connectivity index (χ0n) is 12.8. The highest BCUT2D eigenvalue weighted by Crippen LogP contribution is 2.40. The van der Waals surface area contributed by atoms with E-state index in [0.717, 1.165) is 12.8 Å². The van der Waals surface area contributed by atoms with E-state index in [1.54, 1.807) is 13.1 Å². The Balaban J connectivity index is 1.44. The Morgan fingerprint density at radius 1 is 1.39 bits per heavy atom. The molecule has 2 fully saturated rings. The molecule has 1 amide bonds. The van der Waals surface area contributed by atoms with Gasteiger partial charge in [0.05, 0.1) is 12.3 Å². The van der Waals surface area contributed by atoms with Gasteiger partial charge < -0.3 is 14.2 Å². The number of aryl methyl sites for hydroxylation is 1. The second kappa shape index (κ2) is 5.69. The number of carbonyl (C=O) groups excluding carboxylic acids is 1. The summed E-state index contributed by atoms with van der Waals surface area (Å²) in [5, 5.41) is 3.82. The maximum atomic E-state index is 12.5. The molecule has 2 aliphatic rings. The van der Waals surface area contributed by atoms with Gasteiger partial charge in [0, 0.05) is 31.4 Å². The molecule has 0 radical (unpaired) electrons. The molecule has 23 heavy (non-hydrogen) atoms. The molecule has 2 aromatic heterocycles. The highest BCUT2D eigenvalue weighted by atomic mass is 16.5. The van der Waals surface area contributed by atoms with Crippen LogP contribution in [0.15, 0.2) is 23.1 Å². The van der Waals surface area contributed by atoms with E-state index in [2.05, 4.69) is 20.1 Å². The lowest BCUT2D eigenvalue weighted by Gasteiger charge is -2.33. The molecular weight excluding hydrogens is 298 g/mol. The van der Waals surface area contributed by atoms with Gasteiger partial charge in [0.1, 0.15) is 11.8 Å². The third-order valence-corrected chi connectivity index (χ3v) is 4.41. The third-order valence-electron chi connectivity index (χ3n) is 4.41. The zero-order valence-corrected chi connectivity index (χ0v) is 12.8. The predicted octanol–water partition coefficient (Wildman–Crippen LogP) is 1.16. The fourth-order valence-corrected chi connectivity index (χ4v) is 3.32. The molecule has 0 N–H and O–H groups in total. The summed E-state index contributed by atoms with van der Waals surface area (Å²) in [5.41, 5.74) is 0.383. The van der Waals surface area contributed by atoms with Gasteiger partial charge in [0.25, 0.3) is 11.8 Å². The van der Waals surface area contributed by atoms with E-state index in [1.165, 1.54) is 12.4 Å². The highest BCUT2D eigenvalue weighted by Gasteiger charge is 2.42. The maximum absolute atomic E-state index is 12.5. The normalized spacial score (nSPS) is 27.0. The molecule has 0 unspecified atom stereocenters. The fourth-order valence-electron chi connectivity index (χ4n) is 3.32. The average Bonchev–Trinajstić information content (AvgIpc) is 3.20. The van der Waals surface area contributed by atoms with Crippen molar-refractivity contribution in [1.29, 1.82) is 0 Å². The van der Waals surface area contributed by atoms with Crippen LogP contribution < -0.4 is 0 Å². The molecule has 4 rings (SSSR count). The minimum atomic E-state index is -0.169. The summed E-state index contributed by atoms with van der Waals surface area (Å²) in [6, 6.07) is 0. The van der Waals surface area contributed by atoms with Crippen LogP contribution in [0.3, 0.4) is 0 Å². The van der Waals surface area contributed by atoms with Crippen molar-refractivity contribution < 1.29 is 14.1 Å². The van der Waals surface area contributed by atoms with E-state index in [0.29, 0.717) is 30.5 Å². The van der Waals surface area contributed by atoms with Crippen molar-refractivity contribution in [2.24, 2.45) is 5.92 Å². The second-order valence-corrected chi connectivity index (χ2v) is 5.97. The van der Waals surface area contributed by atoms with E-state index in [-0.39, 0.29) is 24.0 Å². The van der Waals surface area contributed by atoms with Crippen LogP contribution >= 0.6 is 0 Å². The SMILES string of the molecule is Cc1noc([C@@H]2C[C@@H]3CN(C(=O)c4cnccn4)CC[C@@H]3O2)n1. The molecule has 0 aliphatic carbocycles. The lowest BCUT2D eigenvalue weighted by Crippen LogP contribution is -2.44. The predicted molar refractivity (Wildman–Crippen MR) is 77.3 cm³/mol. The molecule has 0 aromatic carbocycles. The molecule has 8 nitrogen and oxygen atoms in total. The molecule has 0 bridgehead atoms. The molecule has 3 atom stereocenters. The number of carbonyl (C=O) groups is 1. The van der Waals surface area contributed by atoms with Crippen LogP contribution in [-0.4, -0.2) is 50.1 Å². The first-order valence-corrected chi connectivity index (χ1v) is 7.71. The first-order chi connectivity index (χ1) is 11.2. The van der Waals surface area contributed by atoms with E-state index >= 15 is 0 Å². The second-order valence-electron chi connectivity index (χ2n) is 5.97. The summed E-state index contributed by atoms with van der Waals surface area (Å²) < 4.78 is 11.2. The largest absolute Gasteiger partial charge is 0.365 e. The Bertz CT molecular complexity index is 704. The number of hydrogen-bond donors (Lipinski definition) is 0. The Morgan fingerprint density at radius 2 is 2.30 bits per heavy atom. The number of ether oxygens (including phenoxy) is 1.